The minimum absolute atomic E-state index is 0.00895. The lowest BCUT2D eigenvalue weighted by Crippen LogP contribution is -2.36. The van der Waals surface area contributed by atoms with Gasteiger partial charge in [-0.2, -0.15) is 8.42 Å². The molecule has 0 saturated carbocycles. The highest BCUT2D eigenvalue weighted by atomic mass is 32.2. The van der Waals surface area contributed by atoms with E-state index in [1.165, 1.54) is 12.1 Å². The predicted molar refractivity (Wildman–Crippen MR) is 252 cm³/mol. The summed E-state index contributed by atoms with van der Waals surface area (Å²) in [5, 5.41) is 1.42. The fourth-order valence-electron chi connectivity index (χ4n) is 8.36. The lowest BCUT2D eigenvalue weighted by molar-refractivity contribution is -0.197. The third kappa shape index (κ3) is 14.9. The van der Waals surface area contributed by atoms with Gasteiger partial charge in [0.15, 0.2) is 13.1 Å². The summed E-state index contributed by atoms with van der Waals surface area (Å²) < 4.78 is 101. The van der Waals surface area contributed by atoms with E-state index in [2.05, 4.69) is 37.5 Å². The molecule has 0 bridgehead atoms. The molecule has 1 unspecified atom stereocenters. The van der Waals surface area contributed by atoms with E-state index in [4.69, 9.17) is 28.2 Å². The summed E-state index contributed by atoms with van der Waals surface area (Å²) in [4.78, 5) is 42.9. The van der Waals surface area contributed by atoms with Gasteiger partial charge in [0, 0.05) is 68.5 Å². The van der Waals surface area contributed by atoms with Crippen molar-refractivity contribution in [2.24, 2.45) is 0 Å². The van der Waals surface area contributed by atoms with Crippen molar-refractivity contribution >= 4 is 49.8 Å². The van der Waals surface area contributed by atoms with Gasteiger partial charge in [0.1, 0.15) is 34.9 Å². The molecular weight excluding hydrogens is 923 g/mol. The maximum absolute atomic E-state index is 12.5. The van der Waals surface area contributed by atoms with Crippen molar-refractivity contribution in [3.63, 3.8) is 0 Å². The molecule has 1 aliphatic carbocycles. The highest BCUT2D eigenvalue weighted by molar-refractivity contribution is 7.86. The van der Waals surface area contributed by atoms with Gasteiger partial charge < -0.3 is 37.7 Å². The van der Waals surface area contributed by atoms with Gasteiger partial charge in [0.25, 0.3) is 21.9 Å². The van der Waals surface area contributed by atoms with Crippen LogP contribution in [0.2, 0.25) is 0 Å². The number of hydroxylamine groups is 2. The first kappa shape index (κ1) is 54.1. The summed E-state index contributed by atoms with van der Waals surface area (Å²) in [6.07, 6.45) is 6.97. The summed E-state index contributed by atoms with van der Waals surface area (Å²) in [6.45, 7) is 12.5. The van der Waals surface area contributed by atoms with Crippen LogP contribution < -0.4 is 14.8 Å². The molecule has 18 nitrogen and oxygen atoms in total. The van der Waals surface area contributed by atoms with Crippen LogP contribution >= 0.6 is 0 Å². The van der Waals surface area contributed by atoms with Gasteiger partial charge in [-0.15, -0.1) is 5.06 Å². The second-order valence-electron chi connectivity index (χ2n) is 18.0. The van der Waals surface area contributed by atoms with Crippen LogP contribution in [0.3, 0.4) is 0 Å². The van der Waals surface area contributed by atoms with E-state index in [0.717, 1.165) is 16.5 Å². The van der Waals surface area contributed by atoms with Crippen molar-refractivity contribution < 1.29 is 68.5 Å². The number of amides is 2. The molecule has 0 radical (unpaired) electrons. The first-order chi connectivity index (χ1) is 32.2. The SMILES string of the molecule is COCCOCC[N+](CCOCCOC)=c1ccc2c(C(C)(C)C)cc(/C=C/C=C3/N(CCCCCC(=O)ON4C(=O)CCC4=O)c4ccc(S(=O)(=O)[O-])cc4C3(C)CCCS(=O)(=O)O)oc-2c1. The van der Waals surface area contributed by atoms with Crippen LogP contribution in [0.25, 0.3) is 17.4 Å². The monoisotopic (exact) mass is 987 g/mol. The number of benzene rings is 2. The van der Waals surface area contributed by atoms with E-state index in [-0.39, 0.29) is 37.5 Å². The van der Waals surface area contributed by atoms with Crippen LogP contribution in [-0.2, 0) is 69.2 Å². The smallest absolute Gasteiger partial charge is 0.333 e. The first-order valence-electron chi connectivity index (χ1n) is 22.7. The van der Waals surface area contributed by atoms with Crippen molar-refractivity contribution in [1.82, 2.24) is 9.64 Å². The van der Waals surface area contributed by atoms with Crippen molar-refractivity contribution in [2.75, 3.05) is 84.1 Å². The molecule has 20 heteroatoms. The molecule has 1 N–H and O–H groups in total. The number of hydrogen-bond donors (Lipinski definition) is 1. The van der Waals surface area contributed by atoms with Gasteiger partial charge in [-0.1, -0.05) is 33.3 Å². The highest BCUT2D eigenvalue weighted by Crippen LogP contribution is 2.51. The summed E-state index contributed by atoms with van der Waals surface area (Å²) in [5.41, 5.74) is 2.39. The minimum atomic E-state index is -4.88. The highest BCUT2D eigenvalue weighted by Gasteiger charge is 2.43. The van der Waals surface area contributed by atoms with Crippen LogP contribution in [0.1, 0.15) is 95.9 Å². The number of ether oxygens (including phenoxy) is 4. The summed E-state index contributed by atoms with van der Waals surface area (Å²) in [7, 11) is -5.97. The van der Waals surface area contributed by atoms with Crippen LogP contribution in [0, 0.1) is 0 Å². The normalized spacial score (nSPS) is 17.3. The quantitative estimate of drug-likeness (QED) is 0.0472. The topological polar surface area (TPSA) is 232 Å². The van der Waals surface area contributed by atoms with E-state index < -0.39 is 54.1 Å². The van der Waals surface area contributed by atoms with E-state index in [9.17, 15) is 40.3 Å². The fraction of sp³-hybridized carbons (Fsp3) is 0.542. The largest absolute Gasteiger partial charge is 0.744 e. The van der Waals surface area contributed by atoms with E-state index in [1.807, 2.05) is 36.1 Å². The second-order valence-corrected chi connectivity index (χ2v) is 20.9. The molecule has 3 aliphatic heterocycles. The van der Waals surface area contributed by atoms with Crippen LogP contribution in [0.4, 0.5) is 5.69 Å². The summed E-state index contributed by atoms with van der Waals surface area (Å²) in [5.74, 6) is -1.20. The van der Waals surface area contributed by atoms with Gasteiger partial charge in [0.05, 0.1) is 43.1 Å². The zero-order chi connectivity index (χ0) is 49.7. The summed E-state index contributed by atoms with van der Waals surface area (Å²) in [6, 6.07) is 12.2. The number of unbranched alkanes of at least 4 members (excludes halogenated alkanes) is 2. The number of hydrogen-bond acceptors (Lipinski definition) is 15. The molecule has 1 aromatic rings. The van der Waals surface area contributed by atoms with E-state index in [0.29, 0.717) is 112 Å². The van der Waals surface area contributed by atoms with Gasteiger partial charge in [-0.05, 0) is 91.6 Å². The molecule has 4 aliphatic rings. The Morgan fingerprint density at radius 1 is 0.882 bits per heavy atom. The molecule has 68 heavy (non-hydrogen) atoms. The number of methoxy groups -OCH3 is 2. The molecular formula is C48H65N3O15S2. The molecule has 3 heterocycles. The number of fused-ring (bicyclic) bond motifs is 2. The molecule has 2 amide bonds. The zero-order valence-electron chi connectivity index (χ0n) is 39.8. The number of imide groups is 1. The van der Waals surface area contributed by atoms with E-state index >= 15 is 0 Å². The van der Waals surface area contributed by atoms with Crippen LogP contribution in [-0.4, -0.2) is 128 Å². The molecule has 1 atom stereocenters. The molecule has 374 valence electrons. The van der Waals surface area contributed by atoms with Crippen molar-refractivity contribution in [1.29, 1.82) is 0 Å². The van der Waals surface area contributed by atoms with Gasteiger partial charge >= 0.3 is 5.97 Å². The first-order valence-corrected chi connectivity index (χ1v) is 25.8. The number of nitrogens with zero attached hydrogens (tertiary/aromatic N) is 3. The number of carbonyl (C=O) groups is 3. The Morgan fingerprint density at radius 2 is 1.54 bits per heavy atom. The molecule has 0 spiro atoms. The molecule has 0 aromatic heterocycles. The predicted octanol–water partition coefficient (Wildman–Crippen LogP) is 5.19. The van der Waals surface area contributed by atoms with Crippen LogP contribution in [0.15, 0.2) is 69.6 Å². The average molecular weight is 988 g/mol. The van der Waals surface area contributed by atoms with Gasteiger partial charge in [0.2, 0.25) is 5.36 Å². The lowest BCUT2D eigenvalue weighted by Gasteiger charge is -2.30. The third-order valence-corrected chi connectivity index (χ3v) is 13.5. The molecule has 5 rings (SSSR count). The van der Waals surface area contributed by atoms with Crippen LogP contribution in [0.5, 0.6) is 0 Å². The Labute approximate surface area is 399 Å². The van der Waals surface area contributed by atoms with Gasteiger partial charge in [-0.3, -0.25) is 14.1 Å². The maximum atomic E-state index is 12.5. The minimum Gasteiger partial charge on any atom is -0.744 e. The maximum Gasteiger partial charge on any atom is 0.333 e. The molecule has 1 saturated heterocycles. The molecule has 1 aromatic carbocycles. The van der Waals surface area contributed by atoms with Crippen molar-refractivity contribution in [3.05, 3.63) is 82.6 Å². The summed E-state index contributed by atoms with van der Waals surface area (Å²) >= 11 is 0. The number of anilines is 1. The Balaban J connectivity index is 1.52. The third-order valence-electron chi connectivity index (χ3n) is 11.9. The second kappa shape index (κ2) is 24.2. The van der Waals surface area contributed by atoms with Gasteiger partial charge in [-0.25, -0.2) is 17.8 Å². The standard InChI is InChI=1S/C48H65N3O15S2/c1-47(2,3)39-33-36(65-42-32-35(15-17-38(39)42)49(23-25-63-29-27-61-5)24-26-64-30-28-62-6)12-10-13-43-48(4,21-11-31-67(55,56)57)40-34-37(68(58,59)60)16-18-41(40)50(43)22-9-7-8-14-46(54)66-51-44(52)19-20-45(51)53/h10,12-13,15-18,32-34H,7-9,11,14,19-31H2,1-6H3,(H-,55,56,57,58,59,60). The van der Waals surface area contributed by atoms with E-state index in [1.54, 1.807) is 26.4 Å². The Hall–Kier alpha value is -4.80. The Bertz CT molecular complexity index is 2550. The number of allylic oxidation sites excluding steroid dienone is 3. The fourth-order valence-corrected chi connectivity index (χ4v) is 9.36. The average Bonchev–Trinajstić information content (AvgIpc) is 3.70. The number of rotatable bonds is 26. The van der Waals surface area contributed by atoms with Crippen molar-refractivity contribution in [3.8, 4) is 11.3 Å². The Morgan fingerprint density at radius 3 is 2.15 bits per heavy atom. The number of carbonyl (C=O) groups excluding carboxylic acids is 3. The lowest BCUT2D eigenvalue weighted by atomic mass is 9.77. The molecule has 1 fully saturated rings. The van der Waals surface area contributed by atoms with Crippen molar-refractivity contribution in [2.45, 2.75) is 94.8 Å². The Kier molecular flexibility index (Phi) is 19.2. The zero-order valence-corrected chi connectivity index (χ0v) is 41.5.